The molecule has 1 unspecified atom stereocenters. The van der Waals surface area contributed by atoms with Crippen LogP contribution in [0.4, 0.5) is 10.1 Å². The third-order valence-corrected chi connectivity index (χ3v) is 6.57. The smallest absolute Gasteiger partial charge is 0.248 e. The van der Waals surface area contributed by atoms with Crippen LogP contribution in [0, 0.1) is 5.82 Å². The molecule has 0 spiro atoms. The van der Waals surface area contributed by atoms with E-state index in [-0.39, 0.29) is 11.7 Å². The number of anilines is 1. The Morgan fingerprint density at radius 3 is 2.48 bits per heavy atom. The van der Waals surface area contributed by atoms with E-state index in [1.807, 2.05) is 5.38 Å². The molecule has 0 radical (unpaired) electrons. The van der Waals surface area contributed by atoms with Gasteiger partial charge in [0.1, 0.15) is 22.0 Å². The van der Waals surface area contributed by atoms with Crippen LogP contribution in [0.5, 0.6) is 0 Å². The molecule has 2 aromatic carbocycles. The van der Waals surface area contributed by atoms with Gasteiger partial charge in [0.15, 0.2) is 0 Å². The number of primary amides is 1. The number of carbonyl (C=O) groups excluding carboxylic acids is 2. The second-order valence-electron chi connectivity index (χ2n) is 6.71. The van der Waals surface area contributed by atoms with Gasteiger partial charge in [0, 0.05) is 22.2 Å². The first kappa shape index (κ1) is 21.0. The van der Waals surface area contributed by atoms with Crippen LogP contribution in [0.2, 0.25) is 0 Å². The highest BCUT2D eigenvalue weighted by Crippen LogP contribution is 2.39. The van der Waals surface area contributed by atoms with E-state index in [9.17, 15) is 14.0 Å². The molecule has 4 rings (SSSR count). The zero-order valence-electron chi connectivity index (χ0n) is 16.3. The van der Waals surface area contributed by atoms with Gasteiger partial charge in [-0.05, 0) is 48.9 Å². The normalized spacial score (nSPS) is 11.9. The van der Waals surface area contributed by atoms with Crippen molar-refractivity contribution in [3.8, 4) is 11.1 Å². The molecule has 2 amide bonds. The van der Waals surface area contributed by atoms with Gasteiger partial charge < -0.3 is 11.1 Å². The zero-order chi connectivity index (χ0) is 22.0. The predicted molar refractivity (Wildman–Crippen MR) is 122 cm³/mol. The third kappa shape index (κ3) is 4.57. The van der Waals surface area contributed by atoms with Gasteiger partial charge >= 0.3 is 0 Å². The summed E-state index contributed by atoms with van der Waals surface area (Å²) in [4.78, 5) is 33.4. The van der Waals surface area contributed by atoms with Gasteiger partial charge in [-0.3, -0.25) is 9.59 Å². The van der Waals surface area contributed by atoms with Crippen molar-refractivity contribution in [3.63, 3.8) is 0 Å². The molecule has 0 saturated heterocycles. The summed E-state index contributed by atoms with van der Waals surface area (Å²) < 4.78 is 13.3. The zero-order valence-corrected chi connectivity index (χ0v) is 18.0. The van der Waals surface area contributed by atoms with Crippen LogP contribution in [-0.2, 0) is 4.79 Å². The maximum atomic E-state index is 13.3. The number of hydrogen-bond acceptors (Lipinski definition) is 6. The van der Waals surface area contributed by atoms with Crippen LogP contribution in [-0.4, -0.2) is 27.0 Å². The standard InChI is InChI=1S/C22H17FN4O2S2/c1-12(20(29)27-16-8-4-14(5-9-16)19(24)28)31-22-18-17(10-30-21(18)25-11-26-22)13-2-6-15(23)7-3-13/h2-12H,1H3,(H2,24,28)(H,27,29). The molecule has 156 valence electrons. The first-order chi connectivity index (χ1) is 14.9. The highest BCUT2D eigenvalue weighted by Gasteiger charge is 2.20. The van der Waals surface area contributed by atoms with Crippen molar-refractivity contribution in [1.29, 1.82) is 0 Å². The summed E-state index contributed by atoms with van der Waals surface area (Å²) in [6.07, 6.45) is 1.47. The van der Waals surface area contributed by atoms with E-state index in [0.717, 1.165) is 21.3 Å². The molecule has 0 aliphatic rings. The van der Waals surface area contributed by atoms with Crippen molar-refractivity contribution in [2.24, 2.45) is 5.73 Å². The molecule has 9 heteroatoms. The fraction of sp³-hybridized carbons (Fsp3) is 0.0909. The van der Waals surface area contributed by atoms with E-state index in [1.165, 1.54) is 41.6 Å². The Labute approximate surface area is 185 Å². The van der Waals surface area contributed by atoms with Crippen molar-refractivity contribution >= 4 is 50.8 Å². The average Bonchev–Trinajstić information content (AvgIpc) is 3.20. The molecule has 6 nitrogen and oxygen atoms in total. The third-order valence-electron chi connectivity index (χ3n) is 4.59. The molecule has 3 N–H and O–H groups in total. The van der Waals surface area contributed by atoms with Crippen molar-refractivity contribution in [1.82, 2.24) is 9.97 Å². The van der Waals surface area contributed by atoms with Crippen LogP contribution in [0.15, 0.2) is 65.3 Å². The fourth-order valence-electron chi connectivity index (χ4n) is 2.96. The van der Waals surface area contributed by atoms with Crippen molar-refractivity contribution in [2.75, 3.05) is 5.32 Å². The van der Waals surface area contributed by atoms with Crippen LogP contribution in [0.1, 0.15) is 17.3 Å². The summed E-state index contributed by atoms with van der Waals surface area (Å²) in [5.41, 5.74) is 7.93. The average molecular weight is 453 g/mol. The van der Waals surface area contributed by atoms with E-state index in [4.69, 9.17) is 5.73 Å². The first-order valence-electron chi connectivity index (χ1n) is 9.28. The molecule has 4 aromatic rings. The topological polar surface area (TPSA) is 98.0 Å². The number of amides is 2. The van der Waals surface area contributed by atoms with Gasteiger partial charge in [-0.25, -0.2) is 14.4 Å². The fourth-order valence-corrected chi connectivity index (χ4v) is 4.88. The first-order valence-corrected chi connectivity index (χ1v) is 11.0. The molecule has 0 bridgehead atoms. The lowest BCUT2D eigenvalue weighted by Crippen LogP contribution is -2.22. The van der Waals surface area contributed by atoms with Crippen LogP contribution >= 0.6 is 23.1 Å². The molecular formula is C22H17FN4O2S2. The number of thioether (sulfide) groups is 1. The van der Waals surface area contributed by atoms with Gasteiger partial charge in [-0.2, -0.15) is 0 Å². The van der Waals surface area contributed by atoms with Gasteiger partial charge in [0.25, 0.3) is 0 Å². The Bertz CT molecular complexity index is 1260. The Hall–Kier alpha value is -3.30. The molecule has 0 fully saturated rings. The molecule has 2 aromatic heterocycles. The van der Waals surface area contributed by atoms with Crippen molar-refractivity contribution in [2.45, 2.75) is 17.2 Å². The van der Waals surface area contributed by atoms with E-state index in [0.29, 0.717) is 16.3 Å². The Balaban J connectivity index is 1.56. The number of nitrogens with one attached hydrogen (secondary N) is 1. The molecule has 0 saturated carbocycles. The number of halogens is 1. The molecule has 1 atom stereocenters. The SMILES string of the molecule is CC(Sc1ncnc2scc(-c3ccc(F)cc3)c12)C(=O)Nc1ccc(C(N)=O)cc1. The second-order valence-corrected chi connectivity index (χ2v) is 8.89. The van der Waals surface area contributed by atoms with E-state index >= 15 is 0 Å². The Morgan fingerprint density at radius 1 is 1.10 bits per heavy atom. The molecule has 2 heterocycles. The predicted octanol–water partition coefficient (Wildman–Crippen LogP) is 4.72. The minimum absolute atomic E-state index is 0.206. The number of rotatable bonds is 6. The largest absolute Gasteiger partial charge is 0.366 e. The molecular weight excluding hydrogens is 435 g/mol. The van der Waals surface area contributed by atoms with Crippen molar-refractivity contribution in [3.05, 3.63) is 71.6 Å². The number of thiophene rings is 1. The summed E-state index contributed by atoms with van der Waals surface area (Å²) >= 11 is 2.79. The number of benzene rings is 2. The lowest BCUT2D eigenvalue weighted by atomic mass is 10.1. The monoisotopic (exact) mass is 452 g/mol. The van der Waals surface area contributed by atoms with Gasteiger partial charge in [0.05, 0.1) is 10.6 Å². The number of aromatic nitrogens is 2. The number of nitrogens with zero attached hydrogens (tertiary/aromatic N) is 2. The number of carbonyl (C=O) groups is 2. The highest BCUT2D eigenvalue weighted by molar-refractivity contribution is 8.00. The lowest BCUT2D eigenvalue weighted by molar-refractivity contribution is -0.115. The summed E-state index contributed by atoms with van der Waals surface area (Å²) in [6, 6.07) is 12.6. The number of nitrogens with two attached hydrogens (primary N) is 1. The van der Waals surface area contributed by atoms with Gasteiger partial charge in [0.2, 0.25) is 11.8 Å². The Morgan fingerprint density at radius 2 is 1.81 bits per heavy atom. The summed E-state index contributed by atoms with van der Waals surface area (Å²) in [5.74, 6) is -1.03. The summed E-state index contributed by atoms with van der Waals surface area (Å²) in [5, 5.41) is 5.86. The Kier molecular flexibility index (Phi) is 5.97. The maximum Gasteiger partial charge on any atom is 0.248 e. The number of hydrogen-bond donors (Lipinski definition) is 2. The second kappa shape index (κ2) is 8.83. The maximum absolute atomic E-state index is 13.3. The quantitative estimate of drug-likeness (QED) is 0.326. The summed E-state index contributed by atoms with van der Waals surface area (Å²) in [7, 11) is 0. The lowest BCUT2D eigenvalue weighted by Gasteiger charge is -2.13. The van der Waals surface area contributed by atoms with E-state index < -0.39 is 11.2 Å². The van der Waals surface area contributed by atoms with E-state index in [2.05, 4.69) is 15.3 Å². The molecule has 31 heavy (non-hydrogen) atoms. The summed E-state index contributed by atoms with van der Waals surface area (Å²) in [6.45, 7) is 1.79. The molecule has 0 aliphatic carbocycles. The van der Waals surface area contributed by atoms with Crippen LogP contribution < -0.4 is 11.1 Å². The van der Waals surface area contributed by atoms with Crippen LogP contribution in [0.3, 0.4) is 0 Å². The minimum Gasteiger partial charge on any atom is -0.366 e. The van der Waals surface area contributed by atoms with Crippen LogP contribution in [0.25, 0.3) is 21.3 Å². The van der Waals surface area contributed by atoms with Gasteiger partial charge in [-0.1, -0.05) is 23.9 Å². The minimum atomic E-state index is -0.526. The molecule has 0 aliphatic heterocycles. The van der Waals surface area contributed by atoms with Crippen molar-refractivity contribution < 1.29 is 14.0 Å². The van der Waals surface area contributed by atoms with E-state index in [1.54, 1.807) is 43.3 Å². The van der Waals surface area contributed by atoms with Gasteiger partial charge in [-0.15, -0.1) is 11.3 Å². The number of fused-ring (bicyclic) bond motifs is 1. The highest BCUT2D eigenvalue weighted by atomic mass is 32.2.